The van der Waals surface area contributed by atoms with E-state index in [9.17, 15) is 19.2 Å². The van der Waals surface area contributed by atoms with E-state index in [1.54, 1.807) is 50.5 Å². The summed E-state index contributed by atoms with van der Waals surface area (Å²) in [6, 6.07) is 42.6. The van der Waals surface area contributed by atoms with Gasteiger partial charge in [0.1, 0.15) is 11.4 Å². The lowest BCUT2D eigenvalue weighted by Gasteiger charge is -2.20. The van der Waals surface area contributed by atoms with E-state index in [0.29, 0.717) is 44.9 Å². The molecule has 324 valence electrons. The lowest BCUT2D eigenvalue weighted by Crippen LogP contribution is -2.26. The molecule has 0 atom stereocenters. The summed E-state index contributed by atoms with van der Waals surface area (Å²) in [6.45, 7) is 0. The number of ether oxygens (including phenoxy) is 2. The van der Waals surface area contributed by atoms with Gasteiger partial charge in [-0.05, 0) is 95.7 Å². The van der Waals surface area contributed by atoms with E-state index in [4.69, 9.17) is 9.47 Å². The number of ketones is 2. The van der Waals surface area contributed by atoms with Gasteiger partial charge in [0.15, 0.2) is 23.1 Å². The summed E-state index contributed by atoms with van der Waals surface area (Å²) >= 11 is 6.96. The summed E-state index contributed by atoms with van der Waals surface area (Å²) in [5.74, 6) is -0.925. The highest BCUT2D eigenvalue weighted by Gasteiger charge is 2.31. The van der Waals surface area contributed by atoms with Crippen molar-refractivity contribution in [1.29, 1.82) is 0 Å². The number of halogens is 2. The first-order valence-corrected chi connectivity index (χ1v) is 22.0. The van der Waals surface area contributed by atoms with Crippen molar-refractivity contribution >= 4 is 111 Å². The van der Waals surface area contributed by atoms with E-state index < -0.39 is 0 Å². The molecule has 0 fully saturated rings. The van der Waals surface area contributed by atoms with E-state index in [2.05, 4.69) is 52.3 Å². The fourth-order valence-corrected chi connectivity index (χ4v) is 8.75. The molecule has 0 radical (unpaired) electrons. The number of hydrogen-bond acceptors (Lipinski definition) is 10. The normalized spacial score (nSPS) is 12.2. The molecule has 0 N–H and O–H groups in total. The topological polar surface area (TPSA) is 143 Å². The van der Waals surface area contributed by atoms with Crippen LogP contribution in [-0.2, 0) is 0 Å². The molecule has 0 saturated carbocycles. The van der Waals surface area contributed by atoms with Crippen molar-refractivity contribution in [3.05, 3.63) is 188 Å². The number of azo groups is 2. The highest BCUT2D eigenvalue weighted by Crippen LogP contribution is 2.43. The summed E-state index contributed by atoms with van der Waals surface area (Å²) in [7, 11) is 6.31. The van der Waals surface area contributed by atoms with Crippen LogP contribution in [0.15, 0.2) is 175 Å². The molecule has 1 aliphatic carbocycles. The number of nitrogens with zero attached hydrogens (tertiary/aromatic N) is 6. The van der Waals surface area contributed by atoms with Crippen molar-refractivity contribution in [2.75, 3.05) is 38.1 Å². The molecule has 8 aromatic rings. The average Bonchev–Trinajstić information content (AvgIpc) is 3.34. The first kappa shape index (κ1) is 43.6. The molecule has 0 unspecified atom stereocenters. The maximum absolute atomic E-state index is 14.1. The monoisotopic (exact) mass is 998 g/mol. The maximum Gasteiger partial charge on any atom is 0.261 e. The SMILES string of the molecule is COc1c(C(=O)N(C)c2cccc(Br)c2)cc2ccccc2c1N=Nc1ccc2c(c1)C(=O)c1ccc(N=Nc3c(OC)c(C(=O)N(C)c4cccc(Br)c4)cc4ccccc34)cc1C2=O. The summed E-state index contributed by atoms with van der Waals surface area (Å²) in [6.07, 6.45) is 0. The summed E-state index contributed by atoms with van der Waals surface area (Å²) < 4.78 is 13.3. The van der Waals surface area contributed by atoms with Crippen LogP contribution in [-0.4, -0.2) is 51.7 Å². The standard InChI is InChI=1S/C52H36Br2N6O6/c1-59(35-15-9-13-31(53)25-35)51(63)43-23-29-11-5-7-17-37(29)45(49(43)65-3)57-55-33-19-21-39-41(27-33)47(61)40-22-20-34(28-42(40)48(39)62)56-58-46-38-18-8-6-12-30(38)24-44(50(46)66-4)52(64)60(2)36-16-10-14-32(54)26-36/h5-28H,1-4H3. The van der Waals surface area contributed by atoms with Crippen molar-refractivity contribution < 1.29 is 28.7 Å². The summed E-state index contributed by atoms with van der Waals surface area (Å²) in [4.78, 5) is 59.2. The Morgan fingerprint density at radius 3 is 1.27 bits per heavy atom. The van der Waals surface area contributed by atoms with Crippen LogP contribution in [0.2, 0.25) is 0 Å². The number of benzene rings is 8. The van der Waals surface area contributed by atoms with Crippen LogP contribution >= 0.6 is 31.9 Å². The Morgan fingerprint density at radius 2 is 0.879 bits per heavy atom. The number of rotatable bonds is 10. The second-order valence-electron chi connectivity index (χ2n) is 15.3. The van der Waals surface area contributed by atoms with E-state index in [1.807, 2.05) is 97.1 Å². The number of carbonyl (C=O) groups is 4. The summed E-state index contributed by atoms with van der Waals surface area (Å²) in [5, 5.41) is 21.1. The Hall–Kier alpha value is -7.68. The third-order valence-corrected chi connectivity index (χ3v) is 12.3. The smallest absolute Gasteiger partial charge is 0.261 e. The number of hydrogen-bond donors (Lipinski definition) is 0. The van der Waals surface area contributed by atoms with Crippen molar-refractivity contribution in [3.63, 3.8) is 0 Å². The number of amides is 2. The first-order valence-electron chi connectivity index (χ1n) is 20.4. The van der Waals surface area contributed by atoms with Crippen molar-refractivity contribution in [2.24, 2.45) is 20.5 Å². The van der Waals surface area contributed by atoms with Crippen molar-refractivity contribution in [2.45, 2.75) is 0 Å². The lowest BCUT2D eigenvalue weighted by atomic mass is 9.83. The molecular formula is C52H36Br2N6O6. The fourth-order valence-electron chi connectivity index (χ4n) is 7.98. The van der Waals surface area contributed by atoms with Crippen LogP contribution < -0.4 is 19.3 Å². The zero-order valence-corrected chi connectivity index (χ0v) is 38.9. The van der Waals surface area contributed by atoms with Crippen LogP contribution in [0.5, 0.6) is 11.5 Å². The highest BCUT2D eigenvalue weighted by atomic mass is 79.9. The first-order chi connectivity index (χ1) is 31.9. The Morgan fingerprint density at radius 1 is 0.470 bits per heavy atom. The quantitative estimate of drug-likeness (QED) is 0.125. The van der Waals surface area contributed by atoms with Crippen molar-refractivity contribution in [3.8, 4) is 11.5 Å². The van der Waals surface area contributed by atoms with Gasteiger partial charge in [0.05, 0.1) is 36.7 Å². The Kier molecular flexibility index (Phi) is 11.9. The molecule has 0 aromatic heterocycles. The maximum atomic E-state index is 14.1. The number of fused-ring (bicyclic) bond motifs is 4. The van der Waals surface area contributed by atoms with Crippen LogP contribution in [0.3, 0.4) is 0 Å². The summed E-state index contributed by atoms with van der Waals surface area (Å²) in [5.41, 5.74) is 3.91. The van der Waals surface area contributed by atoms with Gasteiger partial charge < -0.3 is 19.3 Å². The van der Waals surface area contributed by atoms with Gasteiger partial charge in [-0.2, -0.15) is 10.2 Å². The molecule has 9 rings (SSSR count). The van der Waals surface area contributed by atoms with Crippen LogP contribution in [0.4, 0.5) is 34.1 Å². The van der Waals surface area contributed by atoms with Gasteiger partial charge in [0.25, 0.3) is 11.8 Å². The minimum Gasteiger partial charge on any atom is -0.494 e. The molecule has 0 aliphatic heterocycles. The fraction of sp³-hybridized carbons (Fsp3) is 0.0769. The van der Waals surface area contributed by atoms with Gasteiger partial charge >= 0.3 is 0 Å². The predicted molar refractivity (Wildman–Crippen MR) is 263 cm³/mol. The van der Waals surface area contributed by atoms with E-state index in [0.717, 1.165) is 19.7 Å². The Labute approximate surface area is 395 Å². The third-order valence-electron chi connectivity index (χ3n) is 11.3. The molecule has 12 nitrogen and oxygen atoms in total. The molecule has 0 bridgehead atoms. The molecule has 14 heteroatoms. The zero-order valence-electron chi connectivity index (χ0n) is 35.7. The second-order valence-corrected chi connectivity index (χ2v) is 17.1. The van der Waals surface area contributed by atoms with Gasteiger partial charge in [-0.1, -0.05) is 92.5 Å². The van der Waals surface area contributed by atoms with Gasteiger partial charge in [-0.15, -0.1) is 10.2 Å². The van der Waals surface area contributed by atoms with Gasteiger partial charge in [0.2, 0.25) is 0 Å². The van der Waals surface area contributed by atoms with Crippen molar-refractivity contribution in [1.82, 2.24) is 0 Å². The Balaban J connectivity index is 1.02. The number of carbonyl (C=O) groups excluding carboxylic acids is 4. The van der Waals surface area contributed by atoms with Crippen LogP contribution in [0, 0.1) is 0 Å². The van der Waals surface area contributed by atoms with E-state index in [-0.39, 0.29) is 68.3 Å². The molecule has 0 heterocycles. The predicted octanol–water partition coefficient (Wildman–Crippen LogP) is 13.7. The molecule has 66 heavy (non-hydrogen) atoms. The van der Waals surface area contributed by atoms with Gasteiger partial charge in [-0.25, -0.2) is 0 Å². The molecule has 0 spiro atoms. The van der Waals surface area contributed by atoms with Crippen LogP contribution in [0.1, 0.15) is 52.6 Å². The van der Waals surface area contributed by atoms with Gasteiger partial charge in [0, 0.05) is 67.4 Å². The van der Waals surface area contributed by atoms with Gasteiger partial charge in [-0.3, -0.25) is 19.2 Å². The molecule has 2 amide bonds. The molecule has 1 aliphatic rings. The minimum atomic E-state index is -0.375. The molecular weight excluding hydrogens is 964 g/mol. The largest absolute Gasteiger partial charge is 0.494 e. The van der Waals surface area contributed by atoms with E-state index >= 15 is 0 Å². The zero-order chi connectivity index (χ0) is 46.2. The number of anilines is 2. The molecule has 0 saturated heterocycles. The Bertz CT molecular complexity index is 3180. The van der Waals surface area contributed by atoms with E-state index in [1.165, 1.54) is 36.2 Å². The average molecular weight is 1000 g/mol. The minimum absolute atomic E-state index is 0.167. The highest BCUT2D eigenvalue weighted by molar-refractivity contribution is 9.10. The lowest BCUT2D eigenvalue weighted by molar-refractivity contribution is 0.0979. The third kappa shape index (κ3) is 8.05. The second kappa shape index (κ2) is 18.1. The number of methoxy groups -OCH3 is 2. The molecule has 8 aromatic carbocycles. The van der Waals surface area contributed by atoms with Crippen LogP contribution in [0.25, 0.3) is 21.5 Å².